The SMILES string of the molecule is CCC(N)C(c1ccc(Cl)s1)N1CC(C)OC(C)(C)C1. The summed E-state index contributed by atoms with van der Waals surface area (Å²) < 4.78 is 6.83. The number of thiophene rings is 1. The predicted octanol–water partition coefficient (Wildman–Crippen LogP) is 3.68. The monoisotopic (exact) mass is 316 g/mol. The van der Waals surface area contributed by atoms with Crippen LogP contribution in [-0.2, 0) is 4.74 Å². The van der Waals surface area contributed by atoms with Gasteiger partial charge in [0.25, 0.3) is 0 Å². The van der Waals surface area contributed by atoms with Gasteiger partial charge in [-0.3, -0.25) is 4.90 Å². The van der Waals surface area contributed by atoms with Gasteiger partial charge in [0.1, 0.15) is 0 Å². The van der Waals surface area contributed by atoms with Gasteiger partial charge in [0.05, 0.1) is 22.1 Å². The maximum absolute atomic E-state index is 6.40. The van der Waals surface area contributed by atoms with E-state index in [1.807, 2.05) is 6.07 Å². The van der Waals surface area contributed by atoms with E-state index in [9.17, 15) is 0 Å². The lowest BCUT2D eigenvalue weighted by molar-refractivity contribution is -0.140. The van der Waals surface area contributed by atoms with Crippen LogP contribution in [0, 0.1) is 0 Å². The van der Waals surface area contributed by atoms with Gasteiger partial charge < -0.3 is 10.5 Å². The summed E-state index contributed by atoms with van der Waals surface area (Å²) in [7, 11) is 0. The molecule has 0 amide bonds. The van der Waals surface area contributed by atoms with E-state index >= 15 is 0 Å². The Hall–Kier alpha value is -0.130. The Morgan fingerprint density at radius 3 is 2.75 bits per heavy atom. The second-order valence-corrected chi connectivity index (χ2v) is 8.02. The summed E-state index contributed by atoms with van der Waals surface area (Å²) in [6.45, 7) is 10.4. The zero-order valence-electron chi connectivity index (χ0n) is 12.7. The maximum atomic E-state index is 6.40. The van der Waals surface area contributed by atoms with Crippen LogP contribution in [0.1, 0.15) is 45.0 Å². The summed E-state index contributed by atoms with van der Waals surface area (Å²) in [5.41, 5.74) is 6.27. The minimum absolute atomic E-state index is 0.116. The molecule has 2 N–H and O–H groups in total. The molecule has 2 heterocycles. The van der Waals surface area contributed by atoms with Crippen LogP contribution in [0.3, 0.4) is 0 Å². The number of ether oxygens (including phenoxy) is 1. The normalized spacial score (nSPS) is 26.4. The first-order valence-electron chi connectivity index (χ1n) is 7.25. The average molecular weight is 317 g/mol. The molecule has 0 saturated carbocycles. The van der Waals surface area contributed by atoms with E-state index in [1.54, 1.807) is 11.3 Å². The Labute approximate surface area is 131 Å². The van der Waals surface area contributed by atoms with Gasteiger partial charge in [0, 0.05) is 24.0 Å². The fourth-order valence-corrected chi connectivity index (χ4v) is 4.36. The first kappa shape index (κ1) is 16.2. The Bertz CT molecular complexity index is 449. The van der Waals surface area contributed by atoms with Gasteiger partial charge in [0.2, 0.25) is 0 Å². The summed E-state index contributed by atoms with van der Waals surface area (Å²) in [5, 5.41) is 0. The van der Waals surface area contributed by atoms with E-state index in [-0.39, 0.29) is 23.8 Å². The molecular weight excluding hydrogens is 292 g/mol. The maximum Gasteiger partial charge on any atom is 0.0931 e. The molecule has 0 aromatic carbocycles. The number of halogens is 1. The van der Waals surface area contributed by atoms with Gasteiger partial charge in [-0.1, -0.05) is 18.5 Å². The smallest absolute Gasteiger partial charge is 0.0931 e. The first-order chi connectivity index (χ1) is 9.32. The molecule has 2 rings (SSSR count). The van der Waals surface area contributed by atoms with E-state index in [0.717, 1.165) is 23.8 Å². The third-order valence-electron chi connectivity index (χ3n) is 3.75. The second-order valence-electron chi connectivity index (χ2n) is 6.28. The summed E-state index contributed by atoms with van der Waals surface area (Å²) in [4.78, 5) is 3.72. The van der Waals surface area contributed by atoms with Crippen molar-refractivity contribution in [2.45, 2.75) is 57.9 Å². The molecule has 5 heteroatoms. The van der Waals surface area contributed by atoms with Crippen LogP contribution in [0.2, 0.25) is 4.34 Å². The third-order valence-corrected chi connectivity index (χ3v) is 5.05. The quantitative estimate of drug-likeness (QED) is 0.921. The van der Waals surface area contributed by atoms with Crippen LogP contribution in [0.25, 0.3) is 0 Å². The van der Waals surface area contributed by atoms with Gasteiger partial charge in [-0.2, -0.15) is 0 Å². The number of nitrogens with zero attached hydrogens (tertiary/aromatic N) is 1. The van der Waals surface area contributed by atoms with E-state index in [1.165, 1.54) is 4.88 Å². The molecule has 1 aromatic heterocycles. The van der Waals surface area contributed by atoms with Crippen LogP contribution >= 0.6 is 22.9 Å². The third kappa shape index (κ3) is 3.74. The number of rotatable bonds is 4. The molecular formula is C15H25ClN2OS. The molecule has 3 nitrogen and oxygen atoms in total. The van der Waals surface area contributed by atoms with Gasteiger partial charge in [-0.15, -0.1) is 11.3 Å². The van der Waals surface area contributed by atoms with E-state index in [0.29, 0.717) is 0 Å². The fourth-order valence-electron chi connectivity index (χ4n) is 3.09. The molecule has 20 heavy (non-hydrogen) atoms. The van der Waals surface area contributed by atoms with Gasteiger partial charge in [0.15, 0.2) is 0 Å². The molecule has 1 aromatic rings. The highest BCUT2D eigenvalue weighted by Gasteiger charge is 2.37. The summed E-state index contributed by atoms with van der Waals surface area (Å²) in [6.07, 6.45) is 1.17. The van der Waals surface area contributed by atoms with Crippen LogP contribution in [0.15, 0.2) is 12.1 Å². The van der Waals surface area contributed by atoms with Crippen molar-refractivity contribution in [2.24, 2.45) is 5.73 Å². The van der Waals surface area contributed by atoms with Gasteiger partial charge in [-0.05, 0) is 39.3 Å². The molecule has 3 unspecified atom stereocenters. The van der Waals surface area contributed by atoms with Crippen LogP contribution < -0.4 is 5.73 Å². The minimum atomic E-state index is -0.134. The Morgan fingerprint density at radius 1 is 1.55 bits per heavy atom. The molecule has 3 atom stereocenters. The summed E-state index contributed by atoms with van der Waals surface area (Å²) in [5.74, 6) is 0. The second kappa shape index (κ2) is 6.32. The molecule has 0 radical (unpaired) electrons. The van der Waals surface area contributed by atoms with Gasteiger partial charge in [-0.25, -0.2) is 0 Å². The highest BCUT2D eigenvalue weighted by Crippen LogP contribution is 2.36. The molecule has 0 aliphatic carbocycles. The molecule has 0 bridgehead atoms. The van der Waals surface area contributed by atoms with Crippen LogP contribution in [0.5, 0.6) is 0 Å². The molecule has 1 aliphatic heterocycles. The standard InChI is InChI=1S/C15H25ClN2OS/c1-5-11(17)14(12-6-7-13(16)20-12)18-8-10(2)19-15(3,4)9-18/h6-7,10-11,14H,5,8-9,17H2,1-4H3. The zero-order valence-corrected chi connectivity index (χ0v) is 14.3. The lowest BCUT2D eigenvalue weighted by atomic mass is 9.98. The number of hydrogen-bond acceptors (Lipinski definition) is 4. The van der Waals surface area contributed by atoms with E-state index < -0.39 is 0 Å². The topological polar surface area (TPSA) is 38.5 Å². The Balaban J connectivity index is 2.27. The summed E-state index contributed by atoms with van der Waals surface area (Å²) >= 11 is 7.75. The van der Waals surface area contributed by atoms with Crippen molar-refractivity contribution in [1.82, 2.24) is 4.90 Å². The molecule has 114 valence electrons. The zero-order chi connectivity index (χ0) is 14.9. The number of morpholine rings is 1. The highest BCUT2D eigenvalue weighted by molar-refractivity contribution is 7.16. The number of hydrogen-bond donors (Lipinski definition) is 1. The molecule has 1 fully saturated rings. The van der Waals surface area contributed by atoms with Crippen molar-refractivity contribution < 1.29 is 4.74 Å². The summed E-state index contributed by atoms with van der Waals surface area (Å²) in [6, 6.07) is 4.42. The Morgan fingerprint density at radius 2 is 2.25 bits per heavy atom. The molecule has 1 aliphatic rings. The predicted molar refractivity (Wildman–Crippen MR) is 86.5 cm³/mol. The molecule has 0 spiro atoms. The van der Waals surface area contributed by atoms with Crippen molar-refractivity contribution in [1.29, 1.82) is 0 Å². The number of nitrogens with two attached hydrogens (primary N) is 1. The molecule has 1 saturated heterocycles. The fraction of sp³-hybridized carbons (Fsp3) is 0.733. The van der Waals surface area contributed by atoms with Crippen molar-refractivity contribution in [2.75, 3.05) is 13.1 Å². The van der Waals surface area contributed by atoms with Crippen LogP contribution in [-0.4, -0.2) is 35.7 Å². The van der Waals surface area contributed by atoms with Crippen molar-refractivity contribution >= 4 is 22.9 Å². The average Bonchev–Trinajstić information content (AvgIpc) is 2.73. The lowest BCUT2D eigenvalue weighted by Gasteiger charge is -2.46. The minimum Gasteiger partial charge on any atom is -0.370 e. The van der Waals surface area contributed by atoms with Crippen molar-refractivity contribution in [3.8, 4) is 0 Å². The Kier molecular flexibility index (Phi) is 5.14. The van der Waals surface area contributed by atoms with E-state index in [2.05, 4.69) is 38.7 Å². The largest absolute Gasteiger partial charge is 0.370 e. The lowest BCUT2D eigenvalue weighted by Crippen LogP contribution is -2.55. The van der Waals surface area contributed by atoms with Gasteiger partial charge >= 0.3 is 0 Å². The van der Waals surface area contributed by atoms with Crippen LogP contribution in [0.4, 0.5) is 0 Å². The van der Waals surface area contributed by atoms with Crippen molar-refractivity contribution in [3.63, 3.8) is 0 Å². The van der Waals surface area contributed by atoms with E-state index in [4.69, 9.17) is 22.1 Å². The van der Waals surface area contributed by atoms with Crippen molar-refractivity contribution in [3.05, 3.63) is 21.3 Å². The highest BCUT2D eigenvalue weighted by atomic mass is 35.5. The first-order valence-corrected chi connectivity index (χ1v) is 8.44.